The minimum Gasteiger partial charge on any atom is -0.390 e. The van der Waals surface area contributed by atoms with Gasteiger partial charge in [0.15, 0.2) is 0 Å². The second-order valence-electron chi connectivity index (χ2n) is 2.22. The van der Waals surface area contributed by atoms with E-state index in [1.54, 1.807) is 11.8 Å². The molecule has 0 spiro atoms. The van der Waals surface area contributed by atoms with Gasteiger partial charge in [-0.25, -0.2) is 4.79 Å². The summed E-state index contributed by atoms with van der Waals surface area (Å²) in [7, 11) is 0. The summed E-state index contributed by atoms with van der Waals surface area (Å²) in [5.74, 6) is 1.44. The highest BCUT2D eigenvalue weighted by molar-refractivity contribution is 7.99. The molecule has 1 saturated heterocycles. The van der Waals surface area contributed by atoms with Gasteiger partial charge in [0.05, 0.1) is 12.1 Å². The number of thioether (sulfide) groups is 1. The summed E-state index contributed by atoms with van der Waals surface area (Å²) in [6.45, 7) is 0. The highest BCUT2D eigenvalue weighted by atomic mass is 32.2. The van der Waals surface area contributed by atoms with E-state index < -0.39 is 12.1 Å². The first-order valence-corrected chi connectivity index (χ1v) is 4.17. The van der Waals surface area contributed by atoms with Crippen molar-refractivity contribution in [2.75, 3.05) is 11.5 Å². The molecule has 1 aliphatic rings. The van der Waals surface area contributed by atoms with E-state index in [2.05, 4.69) is 5.32 Å². The lowest BCUT2D eigenvalue weighted by molar-refractivity contribution is 0.167. The van der Waals surface area contributed by atoms with Crippen molar-refractivity contribution in [2.24, 2.45) is 5.73 Å². The normalized spacial score (nSPS) is 32.1. The SMILES string of the molecule is NC(=O)N[C@H]1CSC[C@@H]1O. The maximum atomic E-state index is 10.3. The Labute approximate surface area is 63.2 Å². The maximum Gasteiger partial charge on any atom is 0.312 e. The first kappa shape index (κ1) is 7.68. The molecule has 10 heavy (non-hydrogen) atoms. The third-order valence-electron chi connectivity index (χ3n) is 1.38. The first-order valence-electron chi connectivity index (χ1n) is 3.02. The summed E-state index contributed by atoms with van der Waals surface area (Å²) < 4.78 is 0. The molecule has 0 aromatic heterocycles. The minimum atomic E-state index is -0.563. The number of nitrogens with two attached hydrogens (primary N) is 1. The molecule has 1 heterocycles. The largest absolute Gasteiger partial charge is 0.390 e. The van der Waals surface area contributed by atoms with E-state index >= 15 is 0 Å². The minimum absolute atomic E-state index is 0.150. The Balaban J connectivity index is 2.33. The summed E-state index contributed by atoms with van der Waals surface area (Å²) in [6, 6.07) is -0.714. The molecule has 4 N–H and O–H groups in total. The lowest BCUT2D eigenvalue weighted by atomic mass is 10.2. The third kappa shape index (κ3) is 1.78. The van der Waals surface area contributed by atoms with Crippen molar-refractivity contribution in [1.82, 2.24) is 5.32 Å². The van der Waals surface area contributed by atoms with Crippen LogP contribution >= 0.6 is 11.8 Å². The van der Waals surface area contributed by atoms with Crippen LogP contribution in [0.1, 0.15) is 0 Å². The van der Waals surface area contributed by atoms with Gasteiger partial charge in [-0.05, 0) is 0 Å². The zero-order valence-electron chi connectivity index (χ0n) is 5.41. The average Bonchev–Trinajstić information content (AvgIpc) is 2.15. The molecular formula is C5H10N2O2S. The van der Waals surface area contributed by atoms with Crippen LogP contribution in [0.2, 0.25) is 0 Å². The molecule has 2 atom stereocenters. The summed E-state index contributed by atoms with van der Waals surface area (Å²) in [4.78, 5) is 10.3. The lowest BCUT2D eigenvalue weighted by Gasteiger charge is -2.12. The third-order valence-corrected chi connectivity index (χ3v) is 2.55. The number of amides is 2. The number of aliphatic hydroxyl groups is 1. The smallest absolute Gasteiger partial charge is 0.312 e. The highest BCUT2D eigenvalue weighted by Gasteiger charge is 2.26. The summed E-state index contributed by atoms with van der Waals surface area (Å²) in [5, 5.41) is 11.6. The first-order chi connectivity index (χ1) is 4.70. The van der Waals surface area contributed by atoms with Crippen molar-refractivity contribution in [3.8, 4) is 0 Å². The Morgan fingerprint density at radius 3 is 2.80 bits per heavy atom. The van der Waals surface area contributed by atoms with Gasteiger partial charge in [0.2, 0.25) is 0 Å². The van der Waals surface area contributed by atoms with Gasteiger partial charge in [-0.1, -0.05) is 0 Å². The Hall–Kier alpha value is -0.420. The zero-order valence-corrected chi connectivity index (χ0v) is 6.23. The molecule has 1 aliphatic heterocycles. The van der Waals surface area contributed by atoms with E-state index in [-0.39, 0.29) is 6.04 Å². The van der Waals surface area contributed by atoms with Crippen LogP contribution in [0.5, 0.6) is 0 Å². The molecule has 0 saturated carbocycles. The van der Waals surface area contributed by atoms with Crippen LogP contribution in [-0.2, 0) is 0 Å². The standard InChI is InChI=1S/C5H10N2O2S/c6-5(9)7-3-1-10-2-4(3)8/h3-4,8H,1-2H2,(H3,6,7,9)/t3-,4-/m0/s1. The fourth-order valence-electron chi connectivity index (χ4n) is 0.864. The van der Waals surface area contributed by atoms with Crippen LogP contribution in [0.3, 0.4) is 0 Å². The number of carbonyl (C=O) groups excluding carboxylic acids is 1. The van der Waals surface area contributed by atoms with E-state index in [0.717, 1.165) is 5.75 Å². The zero-order chi connectivity index (χ0) is 7.56. The van der Waals surface area contributed by atoms with Crippen molar-refractivity contribution >= 4 is 17.8 Å². The number of hydrogen-bond acceptors (Lipinski definition) is 3. The summed E-state index contributed by atoms with van der Waals surface area (Å²) in [5.41, 5.74) is 4.86. The van der Waals surface area contributed by atoms with Crippen LogP contribution in [0.25, 0.3) is 0 Å². The van der Waals surface area contributed by atoms with E-state index in [0.29, 0.717) is 5.75 Å². The second-order valence-corrected chi connectivity index (χ2v) is 3.29. The van der Waals surface area contributed by atoms with Gasteiger partial charge in [0.1, 0.15) is 0 Å². The fraction of sp³-hybridized carbons (Fsp3) is 0.800. The van der Waals surface area contributed by atoms with E-state index in [1.165, 1.54) is 0 Å². The van der Waals surface area contributed by atoms with Crippen LogP contribution in [0.4, 0.5) is 4.79 Å². The number of nitrogens with one attached hydrogen (secondary N) is 1. The van der Waals surface area contributed by atoms with Gasteiger partial charge >= 0.3 is 6.03 Å². The molecule has 0 bridgehead atoms. The number of rotatable bonds is 1. The molecule has 1 rings (SSSR count). The number of urea groups is 1. The van der Waals surface area contributed by atoms with Crippen molar-refractivity contribution in [2.45, 2.75) is 12.1 Å². The van der Waals surface area contributed by atoms with Crippen molar-refractivity contribution in [3.05, 3.63) is 0 Å². The highest BCUT2D eigenvalue weighted by Crippen LogP contribution is 2.17. The van der Waals surface area contributed by atoms with Gasteiger partial charge in [-0.3, -0.25) is 0 Å². The molecule has 0 unspecified atom stereocenters. The van der Waals surface area contributed by atoms with E-state index in [9.17, 15) is 4.79 Å². The topological polar surface area (TPSA) is 75.4 Å². The number of carbonyl (C=O) groups is 1. The summed E-state index contributed by atoms with van der Waals surface area (Å²) >= 11 is 1.61. The predicted octanol–water partition coefficient (Wildman–Crippen LogP) is -0.869. The van der Waals surface area contributed by atoms with Crippen LogP contribution in [-0.4, -0.2) is 34.8 Å². The van der Waals surface area contributed by atoms with Crippen LogP contribution in [0.15, 0.2) is 0 Å². The molecular weight excluding hydrogens is 152 g/mol. The van der Waals surface area contributed by atoms with Crippen LogP contribution in [0, 0.1) is 0 Å². The van der Waals surface area contributed by atoms with Gasteiger partial charge in [-0.15, -0.1) is 0 Å². The molecule has 0 aromatic rings. The quantitative estimate of drug-likeness (QED) is 0.469. The van der Waals surface area contributed by atoms with Gasteiger partial charge in [0, 0.05) is 11.5 Å². The van der Waals surface area contributed by atoms with Crippen molar-refractivity contribution < 1.29 is 9.90 Å². The Morgan fingerprint density at radius 1 is 1.70 bits per heavy atom. The molecule has 0 radical (unpaired) electrons. The Morgan fingerprint density at radius 2 is 2.40 bits per heavy atom. The van der Waals surface area contributed by atoms with Gasteiger partial charge < -0.3 is 16.2 Å². The molecule has 2 amide bonds. The molecule has 1 fully saturated rings. The maximum absolute atomic E-state index is 10.3. The number of aliphatic hydroxyl groups excluding tert-OH is 1. The number of hydrogen-bond donors (Lipinski definition) is 3. The van der Waals surface area contributed by atoms with Crippen molar-refractivity contribution in [1.29, 1.82) is 0 Å². The Bertz CT molecular complexity index is 142. The Kier molecular flexibility index (Phi) is 2.39. The fourth-order valence-corrected chi connectivity index (χ4v) is 2.03. The predicted molar refractivity (Wildman–Crippen MR) is 39.8 cm³/mol. The molecule has 4 nitrogen and oxygen atoms in total. The molecule has 5 heteroatoms. The molecule has 58 valence electrons. The van der Waals surface area contributed by atoms with Gasteiger partial charge in [-0.2, -0.15) is 11.8 Å². The molecule has 0 aromatic carbocycles. The molecule has 0 aliphatic carbocycles. The van der Waals surface area contributed by atoms with Crippen LogP contribution < -0.4 is 11.1 Å². The van der Waals surface area contributed by atoms with Gasteiger partial charge in [0.25, 0.3) is 0 Å². The average molecular weight is 162 g/mol. The van der Waals surface area contributed by atoms with E-state index in [1.807, 2.05) is 0 Å². The number of primary amides is 1. The lowest BCUT2D eigenvalue weighted by Crippen LogP contribution is -2.44. The van der Waals surface area contributed by atoms with E-state index in [4.69, 9.17) is 10.8 Å². The second kappa shape index (κ2) is 3.12. The summed E-state index contributed by atoms with van der Waals surface area (Å²) in [6.07, 6.45) is -0.433. The monoisotopic (exact) mass is 162 g/mol. The van der Waals surface area contributed by atoms with Crippen molar-refractivity contribution in [3.63, 3.8) is 0 Å².